The van der Waals surface area contributed by atoms with Crippen LogP contribution in [-0.4, -0.2) is 31.1 Å². The third kappa shape index (κ3) is 7.31. The molecule has 2 atom stereocenters. The fourth-order valence-corrected chi connectivity index (χ4v) is 3.54. The van der Waals surface area contributed by atoms with E-state index in [0.29, 0.717) is 0 Å². The van der Waals surface area contributed by atoms with Gasteiger partial charge in [0.15, 0.2) is 0 Å². The van der Waals surface area contributed by atoms with E-state index in [1.54, 1.807) is 0 Å². The molecule has 2 unspecified atom stereocenters. The van der Waals surface area contributed by atoms with Crippen molar-refractivity contribution in [3.8, 4) is 0 Å². The highest BCUT2D eigenvalue weighted by atomic mass is 15.1. The molecule has 1 aliphatic rings. The third-order valence-corrected chi connectivity index (χ3v) is 4.88. The van der Waals surface area contributed by atoms with Crippen molar-refractivity contribution in [1.82, 2.24) is 4.90 Å². The molecule has 0 aromatic rings. The molecule has 2 heteroatoms. The predicted molar refractivity (Wildman–Crippen MR) is 85.4 cm³/mol. The predicted octanol–water partition coefficient (Wildman–Crippen LogP) is 4.04. The number of nitrogens with two attached hydrogens (primary N) is 1. The number of rotatable bonds is 9. The van der Waals surface area contributed by atoms with Crippen molar-refractivity contribution in [1.29, 1.82) is 0 Å². The Kier molecular flexibility index (Phi) is 9.54. The molecule has 1 saturated heterocycles. The van der Waals surface area contributed by atoms with Gasteiger partial charge in [0.05, 0.1) is 0 Å². The zero-order valence-electron chi connectivity index (χ0n) is 13.4. The molecule has 19 heavy (non-hydrogen) atoms. The first-order valence-corrected chi connectivity index (χ1v) is 8.72. The van der Waals surface area contributed by atoms with Crippen LogP contribution in [0.2, 0.25) is 0 Å². The minimum atomic E-state index is 0.868. The van der Waals surface area contributed by atoms with Crippen molar-refractivity contribution in [2.75, 3.05) is 26.2 Å². The van der Waals surface area contributed by atoms with Crippen LogP contribution in [0.15, 0.2) is 0 Å². The second kappa shape index (κ2) is 10.7. The lowest BCUT2D eigenvalue weighted by atomic mass is 9.94. The maximum absolute atomic E-state index is 5.72. The molecule has 2 nitrogen and oxygen atoms in total. The Balaban J connectivity index is 2.16. The number of nitrogens with zero attached hydrogens (tertiary/aromatic N) is 1. The molecule has 2 N–H and O–H groups in total. The van der Waals surface area contributed by atoms with Crippen molar-refractivity contribution in [2.45, 2.75) is 71.6 Å². The Morgan fingerprint density at radius 2 is 1.95 bits per heavy atom. The lowest BCUT2D eigenvalue weighted by molar-refractivity contribution is 0.262. The molecule has 1 aliphatic heterocycles. The Labute approximate surface area is 121 Å². The molecule has 0 bridgehead atoms. The van der Waals surface area contributed by atoms with Gasteiger partial charge in [-0.05, 0) is 76.5 Å². The van der Waals surface area contributed by atoms with Crippen molar-refractivity contribution in [3.63, 3.8) is 0 Å². The highest BCUT2D eigenvalue weighted by Crippen LogP contribution is 2.21. The Morgan fingerprint density at radius 1 is 1.11 bits per heavy atom. The summed E-state index contributed by atoms with van der Waals surface area (Å²) >= 11 is 0. The van der Waals surface area contributed by atoms with Crippen LogP contribution in [-0.2, 0) is 0 Å². The Morgan fingerprint density at radius 3 is 2.63 bits per heavy atom. The molecule has 114 valence electrons. The minimum Gasteiger partial charge on any atom is -0.330 e. The molecule has 0 spiro atoms. The van der Waals surface area contributed by atoms with Crippen LogP contribution in [0.1, 0.15) is 71.6 Å². The molecule has 0 aromatic heterocycles. The molecule has 0 amide bonds. The summed E-state index contributed by atoms with van der Waals surface area (Å²) in [6.45, 7) is 9.51. The van der Waals surface area contributed by atoms with Crippen molar-refractivity contribution < 1.29 is 0 Å². The largest absolute Gasteiger partial charge is 0.330 e. The van der Waals surface area contributed by atoms with Crippen LogP contribution in [0.25, 0.3) is 0 Å². The van der Waals surface area contributed by atoms with Crippen LogP contribution in [0.4, 0.5) is 0 Å². The zero-order valence-corrected chi connectivity index (χ0v) is 13.4. The van der Waals surface area contributed by atoms with Crippen LogP contribution in [0, 0.1) is 11.8 Å². The summed E-state index contributed by atoms with van der Waals surface area (Å²) < 4.78 is 0. The Hall–Kier alpha value is -0.0800. The molecule has 0 aliphatic carbocycles. The van der Waals surface area contributed by atoms with Gasteiger partial charge in [-0.2, -0.15) is 0 Å². The maximum atomic E-state index is 5.72. The van der Waals surface area contributed by atoms with E-state index in [1.807, 2.05) is 0 Å². The minimum absolute atomic E-state index is 0.868. The highest BCUT2D eigenvalue weighted by Gasteiger charge is 2.15. The van der Waals surface area contributed by atoms with E-state index in [2.05, 4.69) is 18.7 Å². The standard InChI is InChI=1S/C17H36N2/c1-3-7-17(10-12-18)9-6-14-19-13-5-8-16(4-2)11-15-19/h16-17H,3-15,18H2,1-2H3. The van der Waals surface area contributed by atoms with E-state index in [-0.39, 0.29) is 0 Å². The third-order valence-electron chi connectivity index (χ3n) is 4.88. The summed E-state index contributed by atoms with van der Waals surface area (Å²) in [7, 11) is 0. The topological polar surface area (TPSA) is 29.3 Å². The molecule has 1 fully saturated rings. The van der Waals surface area contributed by atoms with Crippen molar-refractivity contribution >= 4 is 0 Å². The summed E-state index contributed by atoms with van der Waals surface area (Å²) in [5, 5.41) is 0. The normalized spacial score (nSPS) is 23.2. The van der Waals surface area contributed by atoms with Gasteiger partial charge in [0, 0.05) is 0 Å². The van der Waals surface area contributed by atoms with Crippen LogP contribution < -0.4 is 5.73 Å². The molecular weight excluding hydrogens is 232 g/mol. The lowest BCUT2D eigenvalue weighted by Crippen LogP contribution is -2.26. The second-order valence-corrected chi connectivity index (χ2v) is 6.42. The van der Waals surface area contributed by atoms with Gasteiger partial charge in [0.2, 0.25) is 0 Å². The number of hydrogen-bond acceptors (Lipinski definition) is 2. The van der Waals surface area contributed by atoms with Gasteiger partial charge >= 0.3 is 0 Å². The van der Waals surface area contributed by atoms with E-state index >= 15 is 0 Å². The quantitative estimate of drug-likeness (QED) is 0.684. The monoisotopic (exact) mass is 268 g/mol. The molecule has 1 rings (SSSR count). The number of likely N-dealkylation sites (tertiary alicyclic amines) is 1. The van der Waals surface area contributed by atoms with E-state index < -0.39 is 0 Å². The van der Waals surface area contributed by atoms with E-state index in [9.17, 15) is 0 Å². The van der Waals surface area contributed by atoms with Crippen LogP contribution in [0.5, 0.6) is 0 Å². The van der Waals surface area contributed by atoms with Crippen LogP contribution in [0.3, 0.4) is 0 Å². The van der Waals surface area contributed by atoms with Gasteiger partial charge in [-0.15, -0.1) is 0 Å². The summed E-state index contributed by atoms with van der Waals surface area (Å²) in [5.41, 5.74) is 5.72. The van der Waals surface area contributed by atoms with E-state index in [1.165, 1.54) is 77.4 Å². The molecule has 0 aromatic carbocycles. The van der Waals surface area contributed by atoms with Gasteiger partial charge in [-0.1, -0.05) is 33.1 Å². The van der Waals surface area contributed by atoms with Gasteiger partial charge < -0.3 is 10.6 Å². The smallest absolute Gasteiger partial charge is 0.00161 e. The Bertz CT molecular complexity index is 199. The molecule has 1 heterocycles. The first-order chi connectivity index (χ1) is 9.30. The fraction of sp³-hybridized carbons (Fsp3) is 1.00. The highest BCUT2D eigenvalue weighted by molar-refractivity contribution is 4.70. The summed E-state index contributed by atoms with van der Waals surface area (Å²) in [4.78, 5) is 2.71. The first kappa shape index (κ1) is 17.0. The van der Waals surface area contributed by atoms with Gasteiger partial charge in [-0.3, -0.25) is 0 Å². The lowest BCUT2D eigenvalue weighted by Gasteiger charge is -2.22. The zero-order chi connectivity index (χ0) is 13.9. The maximum Gasteiger partial charge on any atom is -0.00161 e. The molecular formula is C17H36N2. The van der Waals surface area contributed by atoms with Gasteiger partial charge in [-0.25, -0.2) is 0 Å². The second-order valence-electron chi connectivity index (χ2n) is 6.42. The van der Waals surface area contributed by atoms with Crippen molar-refractivity contribution in [2.24, 2.45) is 17.6 Å². The summed E-state index contributed by atoms with van der Waals surface area (Å²) in [6, 6.07) is 0. The first-order valence-electron chi connectivity index (χ1n) is 8.72. The van der Waals surface area contributed by atoms with Gasteiger partial charge in [0.1, 0.15) is 0 Å². The number of hydrogen-bond donors (Lipinski definition) is 1. The molecule has 0 radical (unpaired) electrons. The summed E-state index contributed by atoms with van der Waals surface area (Å²) in [6.07, 6.45) is 12.4. The van der Waals surface area contributed by atoms with Crippen LogP contribution >= 0.6 is 0 Å². The van der Waals surface area contributed by atoms with E-state index in [0.717, 1.165) is 18.4 Å². The van der Waals surface area contributed by atoms with Gasteiger partial charge in [0.25, 0.3) is 0 Å². The molecule has 0 saturated carbocycles. The van der Waals surface area contributed by atoms with E-state index in [4.69, 9.17) is 5.73 Å². The SMILES string of the molecule is CCCC(CCN)CCCN1CCCC(CC)CC1. The average molecular weight is 268 g/mol. The average Bonchev–Trinajstić information content (AvgIpc) is 2.64. The summed E-state index contributed by atoms with van der Waals surface area (Å²) in [5.74, 6) is 1.88. The fourth-order valence-electron chi connectivity index (χ4n) is 3.54. The van der Waals surface area contributed by atoms with Crippen molar-refractivity contribution in [3.05, 3.63) is 0 Å².